The van der Waals surface area contributed by atoms with Gasteiger partial charge in [-0.25, -0.2) is 24.4 Å². The van der Waals surface area contributed by atoms with E-state index >= 15 is 0 Å². The Kier molecular flexibility index (Phi) is 15.0. The molecule has 5 aliphatic rings. The number of nitro groups is 1. The number of rotatable bonds is 16. The summed E-state index contributed by atoms with van der Waals surface area (Å²) in [6.07, 6.45) is 1.27. The largest absolute Gasteiger partial charge is 0.493 e. The molecular formula is C49H58N6O14S2. The minimum absolute atomic E-state index is 0.00414. The van der Waals surface area contributed by atoms with Gasteiger partial charge in [-0.15, -0.1) is 0 Å². The van der Waals surface area contributed by atoms with Crippen molar-refractivity contribution in [2.45, 2.75) is 112 Å². The van der Waals surface area contributed by atoms with Gasteiger partial charge in [0.1, 0.15) is 23.4 Å². The quantitative estimate of drug-likeness (QED) is 0.0456. The van der Waals surface area contributed by atoms with Crippen LogP contribution in [0, 0.1) is 10.1 Å². The third kappa shape index (κ3) is 10.7. The lowest BCUT2D eigenvalue weighted by Gasteiger charge is -2.40. The first-order valence-corrected chi connectivity index (χ1v) is 25.4. The molecule has 22 heteroatoms. The third-order valence-electron chi connectivity index (χ3n) is 12.9. The summed E-state index contributed by atoms with van der Waals surface area (Å²) in [6, 6.07) is 7.45. The molecule has 2 aromatic carbocycles. The number of hydrogen-bond donors (Lipinski definition) is 2. The summed E-state index contributed by atoms with van der Waals surface area (Å²) in [4.78, 5) is 76.0. The number of aromatic nitrogens is 1. The zero-order valence-electron chi connectivity index (χ0n) is 40.3. The number of ether oxygens (including phenoxy) is 6. The maximum absolute atomic E-state index is 14.2. The first kappa shape index (κ1) is 51.1. The van der Waals surface area contributed by atoms with E-state index in [0.29, 0.717) is 30.7 Å². The van der Waals surface area contributed by atoms with Gasteiger partial charge in [-0.1, -0.05) is 41.5 Å². The van der Waals surface area contributed by atoms with Crippen molar-refractivity contribution in [3.05, 3.63) is 88.1 Å². The zero-order valence-corrected chi connectivity index (χ0v) is 41.9. The van der Waals surface area contributed by atoms with E-state index in [1.54, 1.807) is 26.8 Å². The molecule has 20 nitrogen and oxygen atoms in total. The smallest absolute Gasteiger partial charge is 0.417 e. The molecule has 380 valence electrons. The molecule has 3 aromatic rings. The molecule has 2 N–H and O–H groups in total. The number of pyridine rings is 1. The molecule has 0 radical (unpaired) electrons. The lowest BCUT2D eigenvalue weighted by Crippen LogP contribution is -2.51. The van der Waals surface area contributed by atoms with E-state index in [1.165, 1.54) is 82.1 Å². The van der Waals surface area contributed by atoms with Gasteiger partial charge in [0.25, 0.3) is 17.5 Å². The molecule has 4 amide bonds. The van der Waals surface area contributed by atoms with Crippen molar-refractivity contribution in [1.29, 1.82) is 0 Å². The fourth-order valence-corrected chi connectivity index (χ4v) is 11.9. The molecule has 1 aliphatic carbocycles. The van der Waals surface area contributed by atoms with Crippen molar-refractivity contribution >= 4 is 62.7 Å². The van der Waals surface area contributed by atoms with Gasteiger partial charge >= 0.3 is 12.2 Å². The number of carbonyl (C=O) groups excluding carboxylic acids is 4. The highest BCUT2D eigenvalue weighted by Crippen LogP contribution is 2.52. The molecule has 0 spiro atoms. The van der Waals surface area contributed by atoms with Crippen LogP contribution in [0.5, 0.6) is 23.0 Å². The molecule has 0 bridgehead atoms. The topological polar surface area (TPSA) is 233 Å². The van der Waals surface area contributed by atoms with E-state index in [2.05, 4.69) is 18.1 Å². The number of amides is 4. The van der Waals surface area contributed by atoms with E-state index < -0.39 is 63.8 Å². The second-order valence-electron chi connectivity index (χ2n) is 19.1. The lowest BCUT2D eigenvalue weighted by atomic mass is 9.85. The van der Waals surface area contributed by atoms with Gasteiger partial charge in [0.2, 0.25) is 0 Å². The standard InChI is InChI=1S/C49H58N6O14S2/c1-28-18-35-44(58)53(46(60)68-27-49(14-11-15-49)71-70-41-13-12-30(24-50-41)55(62)63)33-22-39(37(64-6)20-31(33)42(56)51(35)25-28)66-16-9-8-10-17-67-40-23-34-32(21-38(40)65-7)43(57)52-26-29(2)19-36(52)45(59)54(34)47(61)69-48(3,4)5/h12-13,20-24,35-36,44-45,58-59H,1-2,8-11,14-19,25-27H2,3-7H3/t35-,36-,44-,45-/m0/s1. The van der Waals surface area contributed by atoms with Crippen LogP contribution in [0.4, 0.5) is 26.7 Å². The van der Waals surface area contributed by atoms with Gasteiger partial charge < -0.3 is 48.4 Å². The van der Waals surface area contributed by atoms with Crippen LogP contribution in [0.1, 0.15) is 92.9 Å². The number of anilines is 2. The highest BCUT2D eigenvalue weighted by Gasteiger charge is 2.49. The minimum Gasteiger partial charge on any atom is -0.493 e. The van der Waals surface area contributed by atoms with Crippen LogP contribution in [0.3, 0.4) is 0 Å². The van der Waals surface area contributed by atoms with Crippen LogP contribution in [-0.2, 0) is 9.47 Å². The van der Waals surface area contributed by atoms with Gasteiger partial charge in [-0.05, 0) is 94.7 Å². The highest BCUT2D eigenvalue weighted by molar-refractivity contribution is 8.77. The summed E-state index contributed by atoms with van der Waals surface area (Å²) in [6.45, 7) is 14.0. The summed E-state index contributed by atoms with van der Waals surface area (Å²) in [5, 5.41) is 35.2. The van der Waals surface area contributed by atoms with Crippen molar-refractivity contribution in [2.75, 3.05) is 56.9 Å². The highest BCUT2D eigenvalue weighted by atomic mass is 33.1. The summed E-state index contributed by atoms with van der Waals surface area (Å²) in [7, 11) is 5.69. The average Bonchev–Trinajstić information content (AvgIpc) is 3.88. The number of aliphatic hydroxyl groups is 2. The number of methoxy groups -OCH3 is 2. The molecule has 8 rings (SSSR count). The van der Waals surface area contributed by atoms with Crippen molar-refractivity contribution < 1.29 is 62.7 Å². The van der Waals surface area contributed by atoms with Crippen molar-refractivity contribution in [2.24, 2.45) is 0 Å². The Hall–Kier alpha value is -6.23. The van der Waals surface area contributed by atoms with Gasteiger partial charge in [0.05, 0.1) is 71.7 Å². The fraction of sp³-hybridized carbons (Fsp3) is 0.490. The number of unbranched alkanes of at least 4 members (excludes halogenated alkanes) is 2. The normalized spacial score (nSPS) is 21.3. The molecule has 1 saturated carbocycles. The Labute approximate surface area is 418 Å². The van der Waals surface area contributed by atoms with Gasteiger partial charge in [0, 0.05) is 31.3 Å². The van der Waals surface area contributed by atoms with Crippen molar-refractivity contribution in [1.82, 2.24) is 14.8 Å². The Morgan fingerprint density at radius 3 is 1.77 bits per heavy atom. The number of hydrogen-bond acceptors (Lipinski definition) is 17. The molecule has 1 aromatic heterocycles. The second-order valence-corrected chi connectivity index (χ2v) is 21.7. The van der Waals surface area contributed by atoms with E-state index in [-0.39, 0.29) is 90.5 Å². The monoisotopic (exact) mass is 1020 g/mol. The van der Waals surface area contributed by atoms with Crippen LogP contribution >= 0.6 is 21.6 Å². The summed E-state index contributed by atoms with van der Waals surface area (Å²) in [5.74, 6) is 0.175. The zero-order chi connectivity index (χ0) is 50.9. The fourth-order valence-electron chi connectivity index (χ4n) is 9.17. The SMILES string of the molecule is C=C1C[C@H]2[C@H](O)N(C(=O)OCC3(SSc4ccc([N+](=O)[O-])cn4)CCC3)c3cc(OCCCCCOc4cc5c(cc4OC)C(=O)N4CC(=C)C[C@H]4[C@H](O)N5C(=O)OC(C)(C)C)c(OC)cc3C(=O)N2C1. The first-order chi connectivity index (χ1) is 33.8. The molecule has 4 atom stereocenters. The summed E-state index contributed by atoms with van der Waals surface area (Å²) < 4.78 is 34.9. The van der Waals surface area contributed by atoms with Crippen LogP contribution in [0.25, 0.3) is 0 Å². The maximum Gasteiger partial charge on any atom is 0.417 e. The molecule has 3 fully saturated rings. The Morgan fingerprint density at radius 1 is 0.817 bits per heavy atom. The van der Waals surface area contributed by atoms with Crippen molar-refractivity contribution in [3.8, 4) is 23.0 Å². The third-order valence-corrected chi connectivity index (χ3v) is 16.1. The van der Waals surface area contributed by atoms with E-state index in [4.69, 9.17) is 28.4 Å². The molecule has 0 unspecified atom stereocenters. The van der Waals surface area contributed by atoms with E-state index in [1.807, 2.05) is 0 Å². The molecule has 2 saturated heterocycles. The number of aliphatic hydroxyl groups excluding tert-OH is 2. The minimum atomic E-state index is -1.49. The number of fused-ring (bicyclic) bond motifs is 4. The molecule has 5 heterocycles. The predicted octanol–water partition coefficient (Wildman–Crippen LogP) is 7.89. The van der Waals surface area contributed by atoms with Crippen LogP contribution < -0.4 is 28.7 Å². The predicted molar refractivity (Wildman–Crippen MR) is 263 cm³/mol. The first-order valence-electron chi connectivity index (χ1n) is 23.3. The Balaban J connectivity index is 0.935. The molecular weight excluding hydrogens is 961 g/mol. The Morgan fingerprint density at radius 2 is 1.34 bits per heavy atom. The van der Waals surface area contributed by atoms with Crippen LogP contribution in [0.15, 0.2) is 71.9 Å². The van der Waals surface area contributed by atoms with E-state index in [0.717, 1.165) is 40.2 Å². The molecule has 4 aliphatic heterocycles. The van der Waals surface area contributed by atoms with Crippen molar-refractivity contribution in [3.63, 3.8) is 0 Å². The number of carbonyl (C=O) groups is 4. The van der Waals surface area contributed by atoms with Crippen LogP contribution in [0.2, 0.25) is 0 Å². The van der Waals surface area contributed by atoms with Crippen LogP contribution in [-0.4, -0.2) is 136 Å². The maximum atomic E-state index is 14.2. The number of nitrogens with zero attached hydrogens (tertiary/aromatic N) is 6. The van der Waals surface area contributed by atoms with E-state index in [9.17, 15) is 39.5 Å². The Bertz CT molecular complexity index is 2600. The second kappa shape index (κ2) is 20.9. The van der Waals surface area contributed by atoms with Gasteiger partial charge in [-0.3, -0.25) is 19.7 Å². The van der Waals surface area contributed by atoms with Gasteiger partial charge in [-0.2, -0.15) is 0 Å². The molecule has 71 heavy (non-hydrogen) atoms. The summed E-state index contributed by atoms with van der Waals surface area (Å²) >= 11 is 0. The lowest BCUT2D eigenvalue weighted by molar-refractivity contribution is -0.385. The van der Waals surface area contributed by atoms with Gasteiger partial charge in [0.15, 0.2) is 35.5 Å². The average molecular weight is 1020 g/mol. The summed E-state index contributed by atoms with van der Waals surface area (Å²) in [5.41, 5.74) is 0.930. The number of benzene rings is 2.